The zero-order chi connectivity index (χ0) is 24.6. The first-order valence-electron chi connectivity index (χ1n) is 11.1. The van der Waals surface area contributed by atoms with Crippen LogP contribution in [-0.2, 0) is 17.8 Å². The number of carbonyl (C=O) groups excluding carboxylic acids is 1. The van der Waals surface area contributed by atoms with Crippen molar-refractivity contribution in [2.45, 2.75) is 47.1 Å². The minimum atomic E-state index is -0.389. The number of pyridine rings is 1. The van der Waals surface area contributed by atoms with Crippen LogP contribution in [0.25, 0.3) is 16.7 Å². The largest absolute Gasteiger partial charge is 0.326 e. The first-order chi connectivity index (χ1) is 16.2. The van der Waals surface area contributed by atoms with Crippen LogP contribution >= 0.6 is 0 Å². The van der Waals surface area contributed by atoms with Gasteiger partial charge in [-0.2, -0.15) is 5.10 Å². The molecule has 4 aromatic rings. The molecule has 0 saturated carbocycles. The van der Waals surface area contributed by atoms with E-state index < -0.39 is 0 Å². The molecule has 0 saturated heterocycles. The Balaban J connectivity index is 1.71. The molecule has 0 radical (unpaired) electrons. The molecule has 0 spiro atoms. The zero-order valence-electron chi connectivity index (χ0n) is 19.6. The molecule has 0 aliphatic rings. The van der Waals surface area contributed by atoms with Gasteiger partial charge in [-0.1, -0.05) is 6.07 Å². The molecule has 2 heterocycles. The van der Waals surface area contributed by atoms with Gasteiger partial charge < -0.3 is 5.32 Å². The fourth-order valence-corrected chi connectivity index (χ4v) is 4.37. The van der Waals surface area contributed by atoms with Gasteiger partial charge in [0.1, 0.15) is 17.3 Å². The Kier molecular flexibility index (Phi) is 6.32. The molecule has 0 aliphatic heterocycles. The van der Waals surface area contributed by atoms with Crippen LogP contribution in [0, 0.1) is 32.4 Å². The molecule has 0 aliphatic carbocycles. The second kappa shape index (κ2) is 9.21. The van der Waals surface area contributed by atoms with Crippen LogP contribution in [0.15, 0.2) is 47.3 Å². The number of hydrogen-bond acceptors (Lipinski definition) is 3. The third-order valence-corrected chi connectivity index (χ3v) is 6.06. The maximum Gasteiger partial charge on any atom is 0.255 e. The Morgan fingerprint density at radius 2 is 1.79 bits per heavy atom. The summed E-state index contributed by atoms with van der Waals surface area (Å²) in [5, 5.41) is 8.20. The lowest BCUT2D eigenvalue weighted by Crippen LogP contribution is -2.27. The summed E-state index contributed by atoms with van der Waals surface area (Å²) >= 11 is 0. The highest BCUT2D eigenvalue weighted by atomic mass is 19.1. The summed E-state index contributed by atoms with van der Waals surface area (Å²) in [6, 6.07) is 10.2. The average molecular weight is 465 g/mol. The highest BCUT2D eigenvalue weighted by Gasteiger charge is 2.21. The van der Waals surface area contributed by atoms with Crippen molar-refractivity contribution in [3.05, 3.63) is 86.8 Å². The van der Waals surface area contributed by atoms with Gasteiger partial charge in [0, 0.05) is 29.6 Å². The van der Waals surface area contributed by atoms with Crippen molar-refractivity contribution in [1.29, 1.82) is 0 Å². The van der Waals surface area contributed by atoms with E-state index in [1.165, 1.54) is 30.3 Å². The van der Waals surface area contributed by atoms with E-state index in [4.69, 9.17) is 0 Å². The summed E-state index contributed by atoms with van der Waals surface area (Å²) in [6.07, 6.45) is 0.344. The molecule has 2 aromatic carbocycles. The highest BCUT2D eigenvalue weighted by molar-refractivity contribution is 5.92. The summed E-state index contributed by atoms with van der Waals surface area (Å²) in [7, 11) is 0. The van der Waals surface area contributed by atoms with Crippen LogP contribution in [0.1, 0.15) is 35.7 Å². The predicted molar refractivity (Wildman–Crippen MR) is 129 cm³/mol. The molecule has 4 rings (SSSR count). The van der Waals surface area contributed by atoms with E-state index in [0.717, 1.165) is 10.9 Å². The standard InChI is InChI=1S/C26H26F2N4O2/c1-5-31-25-24(17(4)30-32(25)20-8-6-7-18(27)14-20)16(3)21(26(31)34)10-12-23(33)29-22-11-9-19(28)13-15(22)2/h6-9,11,13-14H,5,10,12H2,1-4H3,(H,29,33). The number of nitrogens with zero attached hydrogens (tertiary/aromatic N) is 3. The van der Waals surface area contributed by atoms with E-state index in [9.17, 15) is 18.4 Å². The molecule has 1 N–H and O–H groups in total. The molecule has 34 heavy (non-hydrogen) atoms. The summed E-state index contributed by atoms with van der Waals surface area (Å²) in [6.45, 7) is 7.68. The number of rotatable bonds is 6. The number of nitrogens with one attached hydrogen (secondary N) is 1. The number of halogens is 2. The molecular formula is C26H26F2N4O2. The van der Waals surface area contributed by atoms with Gasteiger partial charge in [-0.3, -0.25) is 14.2 Å². The molecular weight excluding hydrogens is 438 g/mol. The molecule has 0 unspecified atom stereocenters. The number of hydrogen-bond donors (Lipinski definition) is 1. The number of benzene rings is 2. The Bertz CT molecular complexity index is 1470. The van der Waals surface area contributed by atoms with Crippen LogP contribution in [0.3, 0.4) is 0 Å². The van der Waals surface area contributed by atoms with Gasteiger partial charge in [0.2, 0.25) is 5.91 Å². The second-order valence-corrected chi connectivity index (χ2v) is 8.34. The van der Waals surface area contributed by atoms with Gasteiger partial charge >= 0.3 is 0 Å². The zero-order valence-corrected chi connectivity index (χ0v) is 19.6. The number of aryl methyl sites for hydroxylation is 4. The van der Waals surface area contributed by atoms with Crippen molar-refractivity contribution in [3.8, 4) is 5.69 Å². The lowest BCUT2D eigenvalue weighted by Gasteiger charge is -2.15. The molecule has 6 nitrogen and oxygen atoms in total. The van der Waals surface area contributed by atoms with Crippen LogP contribution in [0.5, 0.6) is 0 Å². The van der Waals surface area contributed by atoms with Crippen molar-refractivity contribution in [2.75, 3.05) is 5.32 Å². The quantitative estimate of drug-likeness (QED) is 0.438. The number of carbonyl (C=O) groups is 1. The SMILES string of the molecule is CCn1c(=O)c(CCC(=O)Nc2ccc(F)cc2C)c(C)c2c(C)nn(-c3cccc(F)c3)c21. The van der Waals surface area contributed by atoms with Gasteiger partial charge in [-0.15, -0.1) is 0 Å². The van der Waals surface area contributed by atoms with Crippen LogP contribution in [-0.4, -0.2) is 20.3 Å². The molecule has 1 amide bonds. The second-order valence-electron chi connectivity index (χ2n) is 8.34. The van der Waals surface area contributed by atoms with Crippen LogP contribution < -0.4 is 10.9 Å². The van der Waals surface area contributed by atoms with E-state index in [1.54, 1.807) is 28.3 Å². The smallest absolute Gasteiger partial charge is 0.255 e. The Hall–Kier alpha value is -3.81. The number of aromatic nitrogens is 3. The fraction of sp³-hybridized carbons (Fsp3) is 0.269. The summed E-state index contributed by atoms with van der Waals surface area (Å²) in [4.78, 5) is 26.0. The molecule has 0 fully saturated rings. The molecule has 8 heteroatoms. The van der Waals surface area contributed by atoms with E-state index in [2.05, 4.69) is 10.4 Å². The summed E-state index contributed by atoms with van der Waals surface area (Å²) in [5.41, 5.74) is 4.11. The minimum Gasteiger partial charge on any atom is -0.326 e. The van der Waals surface area contributed by atoms with Gasteiger partial charge in [0.15, 0.2) is 0 Å². The van der Waals surface area contributed by atoms with Crippen molar-refractivity contribution < 1.29 is 13.6 Å². The Morgan fingerprint density at radius 1 is 1.06 bits per heavy atom. The third-order valence-electron chi connectivity index (χ3n) is 6.06. The molecule has 0 bridgehead atoms. The molecule has 176 valence electrons. The number of anilines is 1. The normalized spacial score (nSPS) is 11.2. The Morgan fingerprint density at radius 3 is 2.47 bits per heavy atom. The van der Waals surface area contributed by atoms with E-state index >= 15 is 0 Å². The fourth-order valence-electron chi connectivity index (χ4n) is 4.37. The lowest BCUT2D eigenvalue weighted by molar-refractivity contribution is -0.116. The van der Waals surface area contributed by atoms with Gasteiger partial charge in [-0.05, 0) is 81.6 Å². The van der Waals surface area contributed by atoms with Crippen molar-refractivity contribution >= 4 is 22.6 Å². The van der Waals surface area contributed by atoms with Crippen molar-refractivity contribution in [2.24, 2.45) is 0 Å². The lowest BCUT2D eigenvalue weighted by atomic mass is 10.0. The average Bonchev–Trinajstić information content (AvgIpc) is 3.13. The molecule has 2 aromatic heterocycles. The monoisotopic (exact) mass is 464 g/mol. The predicted octanol–water partition coefficient (Wildman–Crippen LogP) is 4.98. The Labute approximate surface area is 195 Å². The van der Waals surface area contributed by atoms with E-state index in [1.807, 2.05) is 20.8 Å². The summed E-state index contributed by atoms with van der Waals surface area (Å²) in [5.74, 6) is -1.02. The van der Waals surface area contributed by atoms with E-state index in [0.29, 0.717) is 40.4 Å². The first-order valence-corrected chi connectivity index (χ1v) is 11.1. The van der Waals surface area contributed by atoms with Gasteiger partial charge in [0.25, 0.3) is 5.56 Å². The maximum atomic E-state index is 13.9. The van der Waals surface area contributed by atoms with Gasteiger partial charge in [-0.25, -0.2) is 13.5 Å². The maximum absolute atomic E-state index is 13.9. The summed E-state index contributed by atoms with van der Waals surface area (Å²) < 4.78 is 30.4. The molecule has 0 atom stereocenters. The van der Waals surface area contributed by atoms with Gasteiger partial charge in [0.05, 0.1) is 11.4 Å². The number of amides is 1. The van der Waals surface area contributed by atoms with E-state index in [-0.39, 0.29) is 35.9 Å². The third kappa shape index (κ3) is 4.23. The van der Waals surface area contributed by atoms with Crippen LogP contribution in [0.4, 0.5) is 14.5 Å². The van der Waals surface area contributed by atoms with Crippen LogP contribution in [0.2, 0.25) is 0 Å². The van der Waals surface area contributed by atoms with Crippen molar-refractivity contribution in [1.82, 2.24) is 14.3 Å². The van der Waals surface area contributed by atoms with Crippen molar-refractivity contribution in [3.63, 3.8) is 0 Å². The number of fused-ring (bicyclic) bond motifs is 1. The topological polar surface area (TPSA) is 68.9 Å². The minimum absolute atomic E-state index is 0.0964. The first kappa shape index (κ1) is 23.4. The highest BCUT2D eigenvalue weighted by Crippen LogP contribution is 2.27.